The highest BCUT2D eigenvalue weighted by molar-refractivity contribution is 7.10. The van der Waals surface area contributed by atoms with Crippen molar-refractivity contribution in [3.8, 4) is 0 Å². The van der Waals surface area contributed by atoms with Gasteiger partial charge in [-0.05, 0) is 43.3 Å². The number of carbonyl (C=O) groups is 2. The molecule has 0 spiro atoms. The van der Waals surface area contributed by atoms with Crippen molar-refractivity contribution >= 4 is 23.2 Å². The maximum atomic E-state index is 13.1. The summed E-state index contributed by atoms with van der Waals surface area (Å²) in [5, 5.41) is 2.04. The standard InChI is InChI=1S/C21H28N2O3S/c1-16(2)23(21(25)15-26-4)14-20(24)22(12-18-8-6-5-7-9-18)13-19-17(3)10-11-27-19/h5-11,16H,12-15H2,1-4H3. The predicted octanol–water partition coefficient (Wildman–Crippen LogP) is 3.47. The van der Waals surface area contributed by atoms with E-state index in [1.165, 1.54) is 17.6 Å². The molecule has 0 saturated heterocycles. The third-order valence-corrected chi connectivity index (χ3v) is 5.40. The van der Waals surface area contributed by atoms with Crippen molar-refractivity contribution in [1.82, 2.24) is 9.80 Å². The lowest BCUT2D eigenvalue weighted by molar-refractivity contribution is -0.144. The Morgan fingerprint density at radius 1 is 1.07 bits per heavy atom. The fraction of sp³-hybridized carbons (Fsp3) is 0.429. The molecule has 5 nitrogen and oxygen atoms in total. The molecule has 6 heteroatoms. The first-order chi connectivity index (χ1) is 12.9. The Morgan fingerprint density at radius 2 is 1.78 bits per heavy atom. The van der Waals surface area contributed by atoms with Gasteiger partial charge in [0.05, 0.1) is 6.54 Å². The van der Waals surface area contributed by atoms with Crippen LogP contribution in [-0.4, -0.2) is 47.9 Å². The summed E-state index contributed by atoms with van der Waals surface area (Å²) >= 11 is 1.65. The number of carbonyl (C=O) groups excluding carboxylic acids is 2. The molecule has 0 atom stereocenters. The maximum absolute atomic E-state index is 13.1. The van der Waals surface area contributed by atoms with Crippen molar-refractivity contribution in [2.24, 2.45) is 0 Å². The molecule has 146 valence electrons. The summed E-state index contributed by atoms with van der Waals surface area (Å²) in [5.41, 5.74) is 2.25. The van der Waals surface area contributed by atoms with E-state index in [1.807, 2.05) is 54.5 Å². The minimum absolute atomic E-state index is 0.0197. The molecule has 2 rings (SSSR count). The molecule has 0 aliphatic rings. The van der Waals surface area contributed by atoms with E-state index in [-0.39, 0.29) is 31.0 Å². The van der Waals surface area contributed by atoms with Gasteiger partial charge in [-0.3, -0.25) is 9.59 Å². The number of hydrogen-bond donors (Lipinski definition) is 0. The number of ether oxygens (including phenoxy) is 1. The Hall–Kier alpha value is -2.18. The molecule has 0 N–H and O–H groups in total. The van der Waals surface area contributed by atoms with Crippen molar-refractivity contribution in [2.75, 3.05) is 20.3 Å². The summed E-state index contributed by atoms with van der Waals surface area (Å²) < 4.78 is 4.96. The zero-order valence-corrected chi connectivity index (χ0v) is 17.3. The Morgan fingerprint density at radius 3 is 2.33 bits per heavy atom. The van der Waals surface area contributed by atoms with Crippen LogP contribution >= 0.6 is 11.3 Å². The van der Waals surface area contributed by atoms with Crippen LogP contribution in [0.3, 0.4) is 0 Å². The van der Waals surface area contributed by atoms with Gasteiger partial charge in [0.15, 0.2) is 0 Å². The zero-order chi connectivity index (χ0) is 19.8. The number of amides is 2. The monoisotopic (exact) mass is 388 g/mol. The normalized spacial score (nSPS) is 10.9. The summed E-state index contributed by atoms with van der Waals surface area (Å²) in [4.78, 5) is 30.0. The molecule has 0 fully saturated rings. The number of aryl methyl sites for hydroxylation is 1. The van der Waals surface area contributed by atoms with Gasteiger partial charge in [0, 0.05) is 24.6 Å². The molecule has 0 radical (unpaired) electrons. The third-order valence-electron chi connectivity index (χ3n) is 4.39. The minimum Gasteiger partial charge on any atom is -0.375 e. The van der Waals surface area contributed by atoms with E-state index >= 15 is 0 Å². The second kappa shape index (κ2) is 10.2. The molecule has 1 heterocycles. The van der Waals surface area contributed by atoms with Crippen LogP contribution in [-0.2, 0) is 27.4 Å². The summed E-state index contributed by atoms with van der Waals surface area (Å²) in [5.74, 6) is -0.238. The van der Waals surface area contributed by atoms with E-state index in [4.69, 9.17) is 4.74 Å². The Balaban J connectivity index is 2.18. The predicted molar refractivity (Wildman–Crippen MR) is 108 cm³/mol. The van der Waals surface area contributed by atoms with Crippen molar-refractivity contribution < 1.29 is 14.3 Å². The van der Waals surface area contributed by atoms with E-state index < -0.39 is 0 Å². The first kappa shape index (κ1) is 21.1. The van der Waals surface area contributed by atoms with Crippen LogP contribution in [0.1, 0.15) is 29.9 Å². The van der Waals surface area contributed by atoms with Crippen molar-refractivity contribution in [3.05, 3.63) is 57.8 Å². The van der Waals surface area contributed by atoms with Gasteiger partial charge in [0.25, 0.3) is 0 Å². The van der Waals surface area contributed by atoms with Crippen LogP contribution in [0.25, 0.3) is 0 Å². The first-order valence-electron chi connectivity index (χ1n) is 9.05. The highest BCUT2D eigenvalue weighted by Crippen LogP contribution is 2.20. The number of nitrogens with zero attached hydrogens (tertiary/aromatic N) is 2. The smallest absolute Gasteiger partial charge is 0.249 e. The molecule has 1 aromatic carbocycles. The van der Waals surface area contributed by atoms with Gasteiger partial charge in [-0.15, -0.1) is 11.3 Å². The topological polar surface area (TPSA) is 49.9 Å². The Labute approximate surface area is 165 Å². The number of methoxy groups -OCH3 is 1. The van der Waals surface area contributed by atoms with Crippen LogP contribution in [0.4, 0.5) is 0 Å². The van der Waals surface area contributed by atoms with Crippen molar-refractivity contribution in [1.29, 1.82) is 0 Å². The quantitative estimate of drug-likeness (QED) is 0.661. The lowest BCUT2D eigenvalue weighted by Crippen LogP contribution is -2.46. The molecule has 0 aliphatic heterocycles. The van der Waals surface area contributed by atoms with E-state index in [0.29, 0.717) is 13.1 Å². The number of thiophene rings is 1. The Kier molecular flexibility index (Phi) is 8.00. The Bertz CT molecular complexity index is 743. The summed E-state index contributed by atoms with van der Waals surface area (Å²) in [6.07, 6.45) is 0. The highest BCUT2D eigenvalue weighted by atomic mass is 32.1. The second-order valence-corrected chi connectivity index (χ2v) is 7.81. The van der Waals surface area contributed by atoms with Crippen LogP contribution in [0, 0.1) is 6.92 Å². The molecule has 0 aliphatic carbocycles. The van der Waals surface area contributed by atoms with Crippen LogP contribution in [0.2, 0.25) is 0 Å². The molecule has 1 aromatic heterocycles. The van der Waals surface area contributed by atoms with Crippen LogP contribution in [0.5, 0.6) is 0 Å². The minimum atomic E-state index is -0.173. The second-order valence-electron chi connectivity index (χ2n) is 6.81. The molecule has 0 bridgehead atoms. The van der Waals surface area contributed by atoms with Gasteiger partial charge >= 0.3 is 0 Å². The average molecular weight is 389 g/mol. The largest absolute Gasteiger partial charge is 0.375 e. The number of hydrogen-bond acceptors (Lipinski definition) is 4. The molecular weight excluding hydrogens is 360 g/mol. The highest BCUT2D eigenvalue weighted by Gasteiger charge is 2.24. The SMILES string of the molecule is COCC(=O)N(CC(=O)N(Cc1ccccc1)Cc1sccc1C)C(C)C. The fourth-order valence-corrected chi connectivity index (χ4v) is 3.71. The lowest BCUT2D eigenvalue weighted by Gasteiger charge is -2.30. The van der Waals surface area contributed by atoms with Crippen molar-refractivity contribution in [2.45, 2.75) is 39.9 Å². The fourth-order valence-electron chi connectivity index (χ4n) is 2.79. The summed E-state index contributed by atoms with van der Waals surface area (Å²) in [6, 6.07) is 11.9. The number of rotatable bonds is 9. The zero-order valence-electron chi connectivity index (χ0n) is 16.5. The average Bonchev–Trinajstić information content (AvgIpc) is 3.04. The van der Waals surface area contributed by atoms with Gasteiger partial charge in [0.1, 0.15) is 13.2 Å². The van der Waals surface area contributed by atoms with E-state index in [2.05, 4.69) is 13.0 Å². The maximum Gasteiger partial charge on any atom is 0.249 e. The van der Waals surface area contributed by atoms with Gasteiger partial charge in [-0.1, -0.05) is 30.3 Å². The first-order valence-corrected chi connectivity index (χ1v) is 9.93. The van der Waals surface area contributed by atoms with Crippen LogP contribution in [0.15, 0.2) is 41.8 Å². The van der Waals surface area contributed by atoms with Gasteiger partial charge in [-0.25, -0.2) is 0 Å². The van der Waals surface area contributed by atoms with E-state index in [0.717, 1.165) is 5.56 Å². The van der Waals surface area contributed by atoms with Gasteiger partial charge in [0.2, 0.25) is 11.8 Å². The van der Waals surface area contributed by atoms with Gasteiger partial charge in [-0.2, -0.15) is 0 Å². The van der Waals surface area contributed by atoms with Crippen LogP contribution < -0.4 is 0 Å². The molecule has 0 unspecified atom stereocenters. The molecule has 2 aromatic rings. The van der Waals surface area contributed by atoms with E-state index in [1.54, 1.807) is 16.2 Å². The number of benzene rings is 1. The molecule has 27 heavy (non-hydrogen) atoms. The summed E-state index contributed by atoms with van der Waals surface area (Å²) in [7, 11) is 1.49. The molecule has 2 amide bonds. The lowest BCUT2D eigenvalue weighted by atomic mass is 10.2. The third kappa shape index (κ3) is 6.19. The van der Waals surface area contributed by atoms with E-state index in [9.17, 15) is 9.59 Å². The molecular formula is C21H28N2O3S. The van der Waals surface area contributed by atoms with Gasteiger partial charge < -0.3 is 14.5 Å². The molecule has 0 saturated carbocycles. The van der Waals surface area contributed by atoms with Crippen molar-refractivity contribution in [3.63, 3.8) is 0 Å². The summed E-state index contributed by atoms with van der Waals surface area (Å²) in [6.45, 7) is 6.96.